The van der Waals surface area contributed by atoms with E-state index >= 15 is 0 Å². The number of halogens is 1. The number of nitrogens with zero attached hydrogens (tertiary/aromatic N) is 3. The van der Waals surface area contributed by atoms with Crippen LogP contribution in [-0.4, -0.2) is 49.6 Å². The zero-order valence-corrected chi connectivity index (χ0v) is 19.6. The highest BCUT2D eigenvalue weighted by atomic mass is 127. The molecule has 0 saturated heterocycles. The second kappa shape index (κ2) is 13.8. The molecule has 3 N–H and O–H groups in total. The van der Waals surface area contributed by atoms with Crippen molar-refractivity contribution in [1.29, 1.82) is 0 Å². The van der Waals surface area contributed by atoms with Crippen molar-refractivity contribution in [2.75, 3.05) is 42.9 Å². The largest absolute Gasteiger partial charge is 0.370 e. The predicted molar refractivity (Wildman–Crippen MR) is 131 cm³/mol. The Morgan fingerprint density at radius 1 is 1.17 bits per heavy atom. The van der Waals surface area contributed by atoms with E-state index in [0.29, 0.717) is 11.6 Å². The van der Waals surface area contributed by atoms with Crippen LogP contribution in [0.2, 0.25) is 0 Å². The lowest BCUT2D eigenvalue weighted by Gasteiger charge is -2.24. The van der Waals surface area contributed by atoms with E-state index < -0.39 is 0 Å². The van der Waals surface area contributed by atoms with Gasteiger partial charge in [0.25, 0.3) is 0 Å². The number of anilines is 2. The Balaban J connectivity index is 0.00000420. The van der Waals surface area contributed by atoms with E-state index in [4.69, 9.17) is 0 Å². The van der Waals surface area contributed by atoms with Crippen LogP contribution in [0.1, 0.15) is 19.4 Å². The molecule has 0 unspecified atom stereocenters. The maximum absolute atomic E-state index is 12.1. The van der Waals surface area contributed by atoms with Crippen LogP contribution in [0.5, 0.6) is 0 Å². The average Bonchev–Trinajstić information content (AvgIpc) is 2.70. The molecule has 0 aliphatic heterocycles. The summed E-state index contributed by atoms with van der Waals surface area (Å²) < 4.78 is 0. The number of carbonyl (C=O) groups is 1. The summed E-state index contributed by atoms with van der Waals surface area (Å²) in [5.74, 6) is 0.448. The summed E-state index contributed by atoms with van der Waals surface area (Å²) in [7, 11) is 0. The third kappa shape index (κ3) is 9.12. The van der Waals surface area contributed by atoms with Crippen molar-refractivity contribution in [3.63, 3.8) is 0 Å². The van der Waals surface area contributed by atoms with Gasteiger partial charge in [-0.3, -0.25) is 9.78 Å². The van der Waals surface area contributed by atoms with Crippen LogP contribution in [0.3, 0.4) is 0 Å². The Morgan fingerprint density at radius 3 is 2.66 bits per heavy atom. The Morgan fingerprint density at radius 2 is 2.00 bits per heavy atom. The van der Waals surface area contributed by atoms with Crippen molar-refractivity contribution in [3.8, 4) is 0 Å². The summed E-state index contributed by atoms with van der Waals surface area (Å²) in [5.41, 5.74) is 3.12. The fourth-order valence-corrected chi connectivity index (χ4v) is 2.73. The summed E-state index contributed by atoms with van der Waals surface area (Å²) in [6.07, 6.45) is 3.27. The average molecular weight is 510 g/mol. The Hall–Kier alpha value is -2.36. The molecule has 0 atom stereocenters. The first-order chi connectivity index (χ1) is 13.6. The van der Waals surface area contributed by atoms with Crippen LogP contribution in [0, 0.1) is 6.92 Å². The minimum Gasteiger partial charge on any atom is -0.370 e. The molecule has 0 radical (unpaired) electrons. The first kappa shape index (κ1) is 24.7. The maximum Gasteiger partial charge on any atom is 0.246 e. The molecule has 1 heterocycles. The number of carbonyl (C=O) groups excluding carboxylic acids is 1. The van der Waals surface area contributed by atoms with Gasteiger partial charge in [-0.15, -0.1) is 24.0 Å². The minimum atomic E-state index is -0.180. The highest BCUT2D eigenvalue weighted by Crippen LogP contribution is 2.14. The molecule has 7 nitrogen and oxygen atoms in total. The summed E-state index contributed by atoms with van der Waals surface area (Å²) >= 11 is 0. The maximum atomic E-state index is 12.1. The number of hydrogen-bond acceptors (Lipinski definition) is 4. The van der Waals surface area contributed by atoms with E-state index in [1.807, 2.05) is 6.92 Å². The first-order valence-electron chi connectivity index (χ1n) is 9.66. The summed E-state index contributed by atoms with van der Waals surface area (Å²) in [6, 6.07) is 12.1. The molecule has 8 heteroatoms. The van der Waals surface area contributed by atoms with Gasteiger partial charge in [0.05, 0.1) is 11.9 Å². The molecule has 29 heavy (non-hydrogen) atoms. The third-order valence-electron chi connectivity index (χ3n) is 4.09. The fraction of sp³-hybridized carbons (Fsp3) is 0.381. The van der Waals surface area contributed by atoms with E-state index in [-0.39, 0.29) is 36.4 Å². The molecule has 158 valence electrons. The molecule has 2 rings (SSSR count). The summed E-state index contributed by atoms with van der Waals surface area (Å²) in [5, 5.41) is 9.24. The normalized spacial score (nSPS) is 10.7. The van der Waals surface area contributed by atoms with Crippen LogP contribution >= 0.6 is 24.0 Å². The number of aromatic nitrogens is 1. The fourth-order valence-electron chi connectivity index (χ4n) is 2.73. The molecule has 0 bridgehead atoms. The zero-order valence-electron chi connectivity index (χ0n) is 17.3. The van der Waals surface area contributed by atoms with Crippen LogP contribution in [0.25, 0.3) is 0 Å². The molecule has 1 amide bonds. The van der Waals surface area contributed by atoms with Crippen molar-refractivity contribution in [1.82, 2.24) is 15.6 Å². The second-order valence-electron chi connectivity index (χ2n) is 6.33. The topological polar surface area (TPSA) is 81.6 Å². The van der Waals surface area contributed by atoms with Gasteiger partial charge in [-0.1, -0.05) is 12.1 Å². The molecule has 0 aliphatic rings. The number of nitrogens with one attached hydrogen (secondary N) is 3. The van der Waals surface area contributed by atoms with Gasteiger partial charge in [-0.25, -0.2) is 4.99 Å². The van der Waals surface area contributed by atoms with Gasteiger partial charge in [0.2, 0.25) is 5.91 Å². The number of guanidine groups is 1. The van der Waals surface area contributed by atoms with Crippen LogP contribution in [-0.2, 0) is 4.79 Å². The van der Waals surface area contributed by atoms with E-state index in [9.17, 15) is 4.79 Å². The van der Waals surface area contributed by atoms with Crippen LogP contribution in [0.15, 0.2) is 53.8 Å². The molecule has 0 fully saturated rings. The quantitative estimate of drug-likeness (QED) is 0.275. The number of pyridine rings is 1. The second-order valence-corrected chi connectivity index (χ2v) is 6.33. The predicted octanol–water partition coefficient (Wildman–Crippen LogP) is 3.03. The molecular formula is C21H31IN6O. The number of aliphatic imine (C=N–C) groups is 1. The summed E-state index contributed by atoms with van der Waals surface area (Å²) in [6.45, 7) is 9.49. The van der Waals surface area contributed by atoms with Gasteiger partial charge < -0.3 is 20.9 Å². The molecule has 1 aromatic carbocycles. The Labute approximate surface area is 190 Å². The van der Waals surface area contributed by atoms with Crippen molar-refractivity contribution < 1.29 is 4.79 Å². The van der Waals surface area contributed by atoms with E-state index in [1.165, 1.54) is 11.3 Å². The molecular weight excluding hydrogens is 479 g/mol. The lowest BCUT2D eigenvalue weighted by atomic mass is 10.2. The highest BCUT2D eigenvalue weighted by molar-refractivity contribution is 14.0. The van der Waals surface area contributed by atoms with Crippen molar-refractivity contribution in [2.45, 2.75) is 20.8 Å². The lowest BCUT2D eigenvalue weighted by Crippen LogP contribution is -2.42. The standard InChI is InChI=1S/C21H30N6O.HI/c1-4-23-21(25-16-20(28)26-18-9-7-11-22-15-18)24-12-13-27(5-2)19-10-6-8-17(3)14-19;/h6-11,14-15H,4-5,12-13,16H2,1-3H3,(H,26,28)(H2,23,24,25);1H. The van der Waals surface area contributed by atoms with Gasteiger partial charge in [-0.05, 0) is 50.6 Å². The van der Waals surface area contributed by atoms with Crippen molar-refractivity contribution >= 4 is 47.2 Å². The number of likely N-dealkylation sites (N-methyl/N-ethyl adjacent to an activating group) is 1. The molecule has 0 saturated carbocycles. The van der Waals surface area contributed by atoms with Crippen LogP contribution in [0.4, 0.5) is 11.4 Å². The van der Waals surface area contributed by atoms with Gasteiger partial charge in [0.15, 0.2) is 5.96 Å². The molecule has 0 aliphatic carbocycles. The summed E-state index contributed by atoms with van der Waals surface area (Å²) in [4.78, 5) is 22.7. The lowest BCUT2D eigenvalue weighted by molar-refractivity contribution is -0.114. The third-order valence-corrected chi connectivity index (χ3v) is 4.09. The monoisotopic (exact) mass is 510 g/mol. The highest BCUT2D eigenvalue weighted by Gasteiger charge is 2.06. The van der Waals surface area contributed by atoms with Crippen molar-refractivity contribution in [2.24, 2.45) is 4.99 Å². The number of aryl methyl sites for hydroxylation is 1. The van der Waals surface area contributed by atoms with Crippen LogP contribution < -0.4 is 20.9 Å². The number of amides is 1. The van der Waals surface area contributed by atoms with E-state index in [1.54, 1.807) is 24.5 Å². The molecule has 2 aromatic rings. The van der Waals surface area contributed by atoms with Gasteiger partial charge in [0, 0.05) is 38.1 Å². The Bertz CT molecular complexity index is 769. The van der Waals surface area contributed by atoms with Gasteiger partial charge in [-0.2, -0.15) is 0 Å². The minimum absolute atomic E-state index is 0. The molecule has 1 aromatic heterocycles. The van der Waals surface area contributed by atoms with E-state index in [2.05, 4.69) is 68.9 Å². The van der Waals surface area contributed by atoms with E-state index in [0.717, 1.165) is 26.2 Å². The number of rotatable bonds is 9. The van der Waals surface area contributed by atoms with Gasteiger partial charge >= 0.3 is 0 Å². The van der Waals surface area contributed by atoms with Gasteiger partial charge in [0.1, 0.15) is 6.54 Å². The first-order valence-corrected chi connectivity index (χ1v) is 9.66. The Kier molecular flexibility index (Phi) is 11.7. The smallest absolute Gasteiger partial charge is 0.246 e. The number of hydrogen-bond donors (Lipinski definition) is 3. The molecule has 0 spiro atoms. The SMILES string of the molecule is CCNC(=NCC(=O)Nc1cccnc1)NCCN(CC)c1cccc(C)c1.I. The van der Waals surface area contributed by atoms with Crippen molar-refractivity contribution in [3.05, 3.63) is 54.4 Å². The zero-order chi connectivity index (χ0) is 20.2. The number of benzene rings is 1.